The van der Waals surface area contributed by atoms with Crippen LogP contribution in [0.15, 0.2) is 47.5 Å². The first-order valence-electron chi connectivity index (χ1n) is 6.70. The number of halogens is 2. The van der Waals surface area contributed by atoms with E-state index >= 15 is 0 Å². The summed E-state index contributed by atoms with van der Waals surface area (Å²) >= 11 is 5.70. The standard InChI is InChI=1S/C15H16ClFN2O2S/c1-11(2)10-19(13-5-3-12(17)4-6-13)22(20,21)14-7-8-15(16)18-9-14/h3-9,11H,10H2,1-2H3. The monoisotopic (exact) mass is 342 g/mol. The summed E-state index contributed by atoms with van der Waals surface area (Å²) in [6, 6.07) is 8.18. The van der Waals surface area contributed by atoms with Crippen LogP contribution < -0.4 is 4.31 Å². The molecule has 0 N–H and O–H groups in total. The van der Waals surface area contributed by atoms with Crippen molar-refractivity contribution < 1.29 is 12.8 Å². The molecule has 0 saturated carbocycles. The molecular formula is C15H16ClFN2O2S. The van der Waals surface area contributed by atoms with Crippen molar-refractivity contribution in [3.05, 3.63) is 53.6 Å². The van der Waals surface area contributed by atoms with E-state index in [-0.39, 0.29) is 22.5 Å². The molecule has 0 spiro atoms. The average Bonchev–Trinajstić information content (AvgIpc) is 2.46. The van der Waals surface area contributed by atoms with Crippen LogP contribution >= 0.6 is 11.6 Å². The molecule has 2 aromatic rings. The molecule has 1 heterocycles. The quantitative estimate of drug-likeness (QED) is 0.778. The van der Waals surface area contributed by atoms with Gasteiger partial charge in [-0.3, -0.25) is 4.31 Å². The second kappa shape index (κ2) is 6.62. The number of rotatable bonds is 5. The lowest BCUT2D eigenvalue weighted by Gasteiger charge is -2.26. The van der Waals surface area contributed by atoms with E-state index in [9.17, 15) is 12.8 Å². The minimum Gasteiger partial charge on any atom is -0.266 e. The van der Waals surface area contributed by atoms with Gasteiger partial charge in [0.05, 0.1) is 5.69 Å². The third-order valence-electron chi connectivity index (χ3n) is 2.93. The molecule has 0 atom stereocenters. The van der Waals surface area contributed by atoms with Crippen LogP contribution in [0.25, 0.3) is 0 Å². The van der Waals surface area contributed by atoms with Crippen LogP contribution in [0.5, 0.6) is 0 Å². The van der Waals surface area contributed by atoms with Crippen LogP contribution in [0.1, 0.15) is 13.8 Å². The number of aromatic nitrogens is 1. The van der Waals surface area contributed by atoms with Crippen LogP contribution in [0.4, 0.5) is 10.1 Å². The highest BCUT2D eigenvalue weighted by Gasteiger charge is 2.26. The van der Waals surface area contributed by atoms with Crippen molar-refractivity contribution in [2.24, 2.45) is 5.92 Å². The highest BCUT2D eigenvalue weighted by Crippen LogP contribution is 2.25. The van der Waals surface area contributed by atoms with Gasteiger partial charge in [-0.1, -0.05) is 25.4 Å². The van der Waals surface area contributed by atoms with Gasteiger partial charge in [0.25, 0.3) is 10.0 Å². The van der Waals surface area contributed by atoms with Gasteiger partial charge in [0.2, 0.25) is 0 Å². The Balaban J connectivity index is 2.48. The number of pyridine rings is 1. The molecule has 1 aromatic carbocycles. The van der Waals surface area contributed by atoms with Crippen LogP contribution in [-0.4, -0.2) is 19.9 Å². The average molecular weight is 343 g/mol. The molecule has 1 aromatic heterocycles. The van der Waals surface area contributed by atoms with Crippen molar-refractivity contribution in [3.8, 4) is 0 Å². The minimum absolute atomic E-state index is 0.0434. The first kappa shape index (κ1) is 16.7. The smallest absolute Gasteiger partial charge is 0.265 e. The van der Waals surface area contributed by atoms with E-state index in [4.69, 9.17) is 11.6 Å². The van der Waals surface area contributed by atoms with Crippen LogP contribution in [-0.2, 0) is 10.0 Å². The molecule has 0 aliphatic carbocycles. The molecule has 0 radical (unpaired) electrons. The van der Waals surface area contributed by atoms with Crippen molar-refractivity contribution in [2.45, 2.75) is 18.7 Å². The van der Waals surface area contributed by atoms with Crippen molar-refractivity contribution in [2.75, 3.05) is 10.8 Å². The number of hydrogen-bond donors (Lipinski definition) is 0. The summed E-state index contributed by atoms with van der Waals surface area (Å²) < 4.78 is 40.0. The molecule has 0 bridgehead atoms. The number of benzene rings is 1. The highest BCUT2D eigenvalue weighted by molar-refractivity contribution is 7.92. The molecular weight excluding hydrogens is 327 g/mol. The van der Waals surface area contributed by atoms with Crippen molar-refractivity contribution >= 4 is 27.3 Å². The van der Waals surface area contributed by atoms with Gasteiger partial charge >= 0.3 is 0 Å². The van der Waals surface area contributed by atoms with E-state index in [2.05, 4.69) is 4.98 Å². The summed E-state index contributed by atoms with van der Waals surface area (Å²) in [5.74, 6) is -0.320. The zero-order valence-corrected chi connectivity index (χ0v) is 13.8. The van der Waals surface area contributed by atoms with E-state index in [0.717, 1.165) is 0 Å². The normalized spacial score (nSPS) is 11.7. The first-order valence-corrected chi connectivity index (χ1v) is 8.52. The fourth-order valence-electron chi connectivity index (χ4n) is 1.92. The fourth-order valence-corrected chi connectivity index (χ4v) is 3.61. The van der Waals surface area contributed by atoms with Gasteiger partial charge in [0.15, 0.2) is 0 Å². The van der Waals surface area contributed by atoms with Gasteiger partial charge in [-0.25, -0.2) is 17.8 Å². The Hall–Kier alpha value is -1.66. The molecule has 0 saturated heterocycles. The van der Waals surface area contributed by atoms with Crippen LogP contribution in [0, 0.1) is 11.7 Å². The lowest BCUT2D eigenvalue weighted by atomic mass is 10.2. The van der Waals surface area contributed by atoms with Gasteiger partial charge in [-0.2, -0.15) is 0 Å². The van der Waals surface area contributed by atoms with Gasteiger partial charge in [-0.15, -0.1) is 0 Å². The van der Waals surface area contributed by atoms with E-state index in [1.807, 2.05) is 13.8 Å². The molecule has 118 valence electrons. The Morgan fingerprint density at radius 2 is 1.82 bits per heavy atom. The number of anilines is 1. The molecule has 0 aliphatic rings. The SMILES string of the molecule is CC(C)CN(c1ccc(F)cc1)S(=O)(=O)c1ccc(Cl)nc1. The van der Waals surface area contributed by atoms with Crippen LogP contribution in [0.2, 0.25) is 5.15 Å². The molecule has 0 aliphatic heterocycles. The third kappa shape index (κ3) is 3.75. The third-order valence-corrected chi connectivity index (χ3v) is 4.93. The maximum atomic E-state index is 13.1. The fraction of sp³-hybridized carbons (Fsp3) is 0.267. The molecule has 7 heteroatoms. The Labute approximate surface area is 134 Å². The number of nitrogens with zero attached hydrogens (tertiary/aromatic N) is 2. The van der Waals surface area contributed by atoms with Gasteiger partial charge < -0.3 is 0 Å². The Kier molecular flexibility index (Phi) is 5.03. The molecule has 2 rings (SSSR count). The Morgan fingerprint density at radius 1 is 1.18 bits per heavy atom. The van der Waals surface area contributed by atoms with E-state index in [0.29, 0.717) is 5.69 Å². The van der Waals surface area contributed by atoms with Crippen molar-refractivity contribution in [3.63, 3.8) is 0 Å². The summed E-state index contributed by atoms with van der Waals surface area (Å²) in [5.41, 5.74) is 0.407. The number of sulfonamides is 1. The molecule has 0 amide bonds. The summed E-state index contributed by atoms with van der Waals surface area (Å²) in [6.45, 7) is 4.09. The summed E-state index contributed by atoms with van der Waals surface area (Å²) in [5, 5.41) is 0.219. The number of hydrogen-bond acceptors (Lipinski definition) is 3. The predicted octanol–water partition coefficient (Wildman–Crippen LogP) is 3.73. The Bertz CT molecular complexity index is 731. The molecule has 0 fully saturated rings. The van der Waals surface area contributed by atoms with Crippen LogP contribution in [0.3, 0.4) is 0 Å². The second-order valence-corrected chi connectivity index (χ2v) is 7.47. The lowest BCUT2D eigenvalue weighted by Crippen LogP contribution is -2.34. The maximum absolute atomic E-state index is 13.1. The summed E-state index contributed by atoms with van der Waals surface area (Å²) in [7, 11) is -3.79. The first-order chi connectivity index (χ1) is 10.3. The Morgan fingerprint density at radius 3 is 2.32 bits per heavy atom. The summed E-state index contributed by atoms with van der Waals surface area (Å²) in [6.07, 6.45) is 1.22. The van der Waals surface area contributed by atoms with Gasteiger partial charge in [0.1, 0.15) is 15.9 Å². The van der Waals surface area contributed by atoms with E-state index < -0.39 is 15.8 Å². The van der Waals surface area contributed by atoms with E-state index in [1.54, 1.807) is 0 Å². The zero-order valence-electron chi connectivity index (χ0n) is 12.2. The van der Waals surface area contributed by atoms with E-state index in [1.165, 1.54) is 46.9 Å². The van der Waals surface area contributed by atoms with Crippen molar-refractivity contribution in [1.29, 1.82) is 0 Å². The minimum atomic E-state index is -3.79. The van der Waals surface area contributed by atoms with Crippen molar-refractivity contribution in [1.82, 2.24) is 4.98 Å². The van der Waals surface area contributed by atoms with Gasteiger partial charge in [0, 0.05) is 12.7 Å². The topological polar surface area (TPSA) is 50.3 Å². The molecule has 4 nitrogen and oxygen atoms in total. The molecule has 0 unspecified atom stereocenters. The highest BCUT2D eigenvalue weighted by atomic mass is 35.5. The van der Waals surface area contributed by atoms with Gasteiger partial charge in [-0.05, 0) is 42.3 Å². The largest absolute Gasteiger partial charge is 0.266 e. The lowest BCUT2D eigenvalue weighted by molar-refractivity contribution is 0.577. The second-order valence-electron chi connectivity index (χ2n) is 5.22. The zero-order chi connectivity index (χ0) is 16.3. The molecule has 22 heavy (non-hydrogen) atoms. The maximum Gasteiger partial charge on any atom is 0.265 e. The summed E-state index contributed by atoms with van der Waals surface area (Å²) in [4.78, 5) is 3.86. The predicted molar refractivity (Wildman–Crippen MR) is 85.0 cm³/mol.